The Kier molecular flexibility index (Phi) is 4.44. The van der Waals surface area contributed by atoms with Crippen molar-refractivity contribution in [3.05, 3.63) is 68.7 Å². The van der Waals surface area contributed by atoms with Gasteiger partial charge >= 0.3 is 0 Å². The van der Waals surface area contributed by atoms with Crippen LogP contribution < -0.4 is 0 Å². The van der Waals surface area contributed by atoms with Crippen molar-refractivity contribution in [3.63, 3.8) is 0 Å². The summed E-state index contributed by atoms with van der Waals surface area (Å²) in [7, 11) is 0. The maximum Gasteiger partial charge on any atom is 0.0841 e. The summed E-state index contributed by atoms with van der Waals surface area (Å²) >= 11 is 9.33. The van der Waals surface area contributed by atoms with Crippen molar-refractivity contribution < 1.29 is 5.11 Å². The van der Waals surface area contributed by atoms with Gasteiger partial charge in [0.2, 0.25) is 0 Å². The van der Waals surface area contributed by atoms with Crippen LogP contribution in [0.5, 0.6) is 0 Å². The third kappa shape index (κ3) is 3.14. The molecule has 0 aliphatic heterocycles. The smallest absolute Gasteiger partial charge is 0.0841 e. The Labute approximate surface area is 121 Å². The van der Waals surface area contributed by atoms with E-state index in [4.69, 9.17) is 11.6 Å². The monoisotopic (exact) mass is 324 g/mol. The lowest BCUT2D eigenvalue weighted by Gasteiger charge is -2.14. The minimum Gasteiger partial charge on any atom is -0.388 e. The zero-order valence-electron chi connectivity index (χ0n) is 10.0. The van der Waals surface area contributed by atoms with Crippen LogP contribution in [0.25, 0.3) is 0 Å². The molecule has 1 nitrogen and oxygen atoms in total. The Morgan fingerprint density at radius 2 is 1.94 bits per heavy atom. The second kappa shape index (κ2) is 5.87. The average molecular weight is 326 g/mol. The number of halogens is 2. The highest BCUT2D eigenvalue weighted by Gasteiger charge is 2.13. The van der Waals surface area contributed by atoms with Gasteiger partial charge in [-0.1, -0.05) is 57.9 Å². The van der Waals surface area contributed by atoms with E-state index < -0.39 is 6.10 Å². The number of hydrogen-bond acceptors (Lipinski definition) is 1. The summed E-state index contributed by atoms with van der Waals surface area (Å²) in [6, 6.07) is 13.5. The second-order valence-electron chi connectivity index (χ2n) is 4.31. The summed E-state index contributed by atoms with van der Waals surface area (Å²) in [6.07, 6.45) is 0.0742. The van der Waals surface area contributed by atoms with Crippen molar-refractivity contribution in [2.24, 2.45) is 0 Å². The standard InChI is InChI=1S/C15H14BrClO/c1-10-4-2-3-5-11(10)8-15(18)13-7-6-12(17)9-14(13)16/h2-7,9,15,18H,8H2,1H3. The van der Waals surface area contributed by atoms with Gasteiger partial charge in [0.25, 0.3) is 0 Å². The molecule has 3 heteroatoms. The zero-order chi connectivity index (χ0) is 13.1. The normalized spacial score (nSPS) is 12.4. The minimum atomic E-state index is -0.530. The van der Waals surface area contributed by atoms with Crippen LogP contribution in [-0.2, 0) is 6.42 Å². The summed E-state index contributed by atoms with van der Waals surface area (Å²) in [5, 5.41) is 11.0. The first-order chi connectivity index (χ1) is 8.58. The number of aliphatic hydroxyl groups is 1. The van der Waals surface area contributed by atoms with Crippen LogP contribution in [0.1, 0.15) is 22.8 Å². The predicted molar refractivity (Wildman–Crippen MR) is 79.0 cm³/mol. The molecule has 0 heterocycles. The lowest BCUT2D eigenvalue weighted by atomic mass is 9.98. The molecule has 18 heavy (non-hydrogen) atoms. The maximum absolute atomic E-state index is 10.3. The van der Waals surface area contributed by atoms with Crippen molar-refractivity contribution in [3.8, 4) is 0 Å². The summed E-state index contributed by atoms with van der Waals surface area (Å²) in [4.78, 5) is 0. The fourth-order valence-electron chi connectivity index (χ4n) is 1.93. The number of benzene rings is 2. The molecule has 2 rings (SSSR count). The van der Waals surface area contributed by atoms with Crippen LogP contribution in [-0.4, -0.2) is 5.11 Å². The van der Waals surface area contributed by atoms with Crippen molar-refractivity contribution in [2.75, 3.05) is 0 Å². The van der Waals surface area contributed by atoms with Gasteiger partial charge in [-0.15, -0.1) is 0 Å². The van der Waals surface area contributed by atoms with E-state index in [0.29, 0.717) is 11.4 Å². The molecule has 0 bridgehead atoms. The summed E-state index contributed by atoms with van der Waals surface area (Å²) in [6.45, 7) is 2.05. The van der Waals surface area contributed by atoms with Crippen LogP contribution in [0.2, 0.25) is 5.02 Å². The van der Waals surface area contributed by atoms with E-state index in [9.17, 15) is 5.11 Å². The van der Waals surface area contributed by atoms with Gasteiger partial charge in [0, 0.05) is 15.9 Å². The fraction of sp³-hybridized carbons (Fsp3) is 0.200. The van der Waals surface area contributed by atoms with Gasteiger partial charge in [-0.3, -0.25) is 0 Å². The molecule has 0 radical (unpaired) electrons. The fourth-order valence-corrected chi connectivity index (χ4v) is 2.88. The Morgan fingerprint density at radius 3 is 2.61 bits per heavy atom. The molecular formula is C15H14BrClO. The first-order valence-corrected chi connectivity index (χ1v) is 6.92. The Morgan fingerprint density at radius 1 is 1.22 bits per heavy atom. The van der Waals surface area contributed by atoms with Crippen molar-refractivity contribution in [2.45, 2.75) is 19.4 Å². The maximum atomic E-state index is 10.3. The molecule has 0 aliphatic carbocycles. The van der Waals surface area contributed by atoms with Crippen LogP contribution >= 0.6 is 27.5 Å². The first kappa shape index (κ1) is 13.6. The molecule has 0 spiro atoms. The van der Waals surface area contributed by atoms with E-state index >= 15 is 0 Å². The molecule has 2 aromatic rings. The van der Waals surface area contributed by atoms with E-state index in [-0.39, 0.29) is 0 Å². The highest BCUT2D eigenvalue weighted by atomic mass is 79.9. The Hall–Kier alpha value is -0.830. The quantitative estimate of drug-likeness (QED) is 0.868. The highest BCUT2D eigenvalue weighted by Crippen LogP contribution is 2.29. The van der Waals surface area contributed by atoms with Crippen LogP contribution in [0.4, 0.5) is 0 Å². The summed E-state index contributed by atoms with van der Waals surface area (Å²) in [5.41, 5.74) is 3.22. The molecular weight excluding hydrogens is 312 g/mol. The SMILES string of the molecule is Cc1ccccc1CC(O)c1ccc(Cl)cc1Br. The molecule has 0 aliphatic rings. The third-order valence-corrected chi connectivity index (χ3v) is 3.92. The van der Waals surface area contributed by atoms with E-state index in [0.717, 1.165) is 15.6 Å². The van der Waals surface area contributed by atoms with Gasteiger partial charge < -0.3 is 5.11 Å². The number of rotatable bonds is 3. The van der Waals surface area contributed by atoms with Gasteiger partial charge in [-0.05, 0) is 35.7 Å². The average Bonchev–Trinajstić information content (AvgIpc) is 2.32. The minimum absolute atomic E-state index is 0.530. The molecule has 94 valence electrons. The Bertz CT molecular complexity index is 554. The predicted octanol–water partition coefficient (Wildman–Crippen LogP) is 4.69. The van der Waals surface area contributed by atoms with Crippen LogP contribution in [0.3, 0.4) is 0 Å². The summed E-state index contributed by atoms with van der Waals surface area (Å²) < 4.78 is 0.844. The van der Waals surface area contributed by atoms with Gasteiger partial charge in [0.05, 0.1) is 6.10 Å². The van der Waals surface area contributed by atoms with Gasteiger partial charge in [-0.2, -0.15) is 0 Å². The largest absolute Gasteiger partial charge is 0.388 e. The molecule has 1 unspecified atom stereocenters. The van der Waals surface area contributed by atoms with E-state index in [1.165, 1.54) is 5.56 Å². The zero-order valence-corrected chi connectivity index (χ0v) is 12.4. The molecule has 1 N–H and O–H groups in total. The van der Waals surface area contributed by atoms with Crippen molar-refractivity contribution in [1.82, 2.24) is 0 Å². The first-order valence-electron chi connectivity index (χ1n) is 5.75. The van der Waals surface area contributed by atoms with E-state index in [2.05, 4.69) is 28.9 Å². The number of aryl methyl sites for hydroxylation is 1. The number of hydrogen-bond donors (Lipinski definition) is 1. The topological polar surface area (TPSA) is 20.2 Å². The number of aliphatic hydroxyl groups excluding tert-OH is 1. The molecule has 0 aromatic heterocycles. The van der Waals surface area contributed by atoms with Crippen molar-refractivity contribution >= 4 is 27.5 Å². The van der Waals surface area contributed by atoms with Gasteiger partial charge in [0.15, 0.2) is 0 Å². The van der Waals surface area contributed by atoms with E-state index in [1.807, 2.05) is 24.3 Å². The lowest BCUT2D eigenvalue weighted by molar-refractivity contribution is 0.177. The lowest BCUT2D eigenvalue weighted by Crippen LogP contribution is -2.04. The second-order valence-corrected chi connectivity index (χ2v) is 5.60. The molecule has 0 saturated carbocycles. The molecule has 0 amide bonds. The van der Waals surface area contributed by atoms with E-state index in [1.54, 1.807) is 12.1 Å². The van der Waals surface area contributed by atoms with Gasteiger partial charge in [0.1, 0.15) is 0 Å². The molecule has 1 atom stereocenters. The highest BCUT2D eigenvalue weighted by molar-refractivity contribution is 9.10. The molecule has 0 saturated heterocycles. The van der Waals surface area contributed by atoms with Crippen LogP contribution in [0.15, 0.2) is 46.9 Å². The molecule has 0 fully saturated rings. The van der Waals surface area contributed by atoms with Crippen LogP contribution in [0, 0.1) is 6.92 Å². The van der Waals surface area contributed by atoms with Crippen molar-refractivity contribution in [1.29, 1.82) is 0 Å². The Balaban J connectivity index is 2.22. The third-order valence-electron chi connectivity index (χ3n) is 3.00. The summed E-state index contributed by atoms with van der Waals surface area (Å²) in [5.74, 6) is 0. The molecule has 2 aromatic carbocycles. The van der Waals surface area contributed by atoms with Gasteiger partial charge in [-0.25, -0.2) is 0 Å².